The molecule has 0 spiro atoms. The molecule has 0 radical (unpaired) electrons. The van der Waals surface area contributed by atoms with Crippen molar-refractivity contribution >= 4 is 99.0 Å². The molecule has 0 fully saturated rings. The van der Waals surface area contributed by atoms with Crippen molar-refractivity contribution in [2.45, 2.75) is 19.6 Å². The fourth-order valence-electron chi connectivity index (χ4n) is 5.84. The van der Waals surface area contributed by atoms with Crippen molar-refractivity contribution in [2.75, 3.05) is 32.2 Å². The Balaban J connectivity index is 1.41. The number of nitrogens with zero attached hydrogens (tertiary/aromatic N) is 7. The van der Waals surface area contributed by atoms with Crippen LogP contribution in [0.3, 0.4) is 0 Å². The number of nitrogens with one attached hydrogen (secondary N) is 1. The van der Waals surface area contributed by atoms with Gasteiger partial charge in [0.1, 0.15) is 57.3 Å². The predicted molar refractivity (Wildman–Crippen MR) is 234 cm³/mol. The van der Waals surface area contributed by atoms with Gasteiger partial charge in [-0.15, -0.1) is 29.9 Å². The number of aliphatic hydroxyl groups excluding tert-OH is 2. The largest absolute Gasteiger partial charge is 0.505 e. The maximum Gasteiger partial charge on any atom is 0.356 e. The van der Waals surface area contributed by atoms with E-state index in [0.717, 1.165) is 60.7 Å². The van der Waals surface area contributed by atoms with Gasteiger partial charge in [0.25, 0.3) is 35.9 Å². The molecule has 0 aliphatic carbocycles. The second kappa shape index (κ2) is 20.9. The lowest BCUT2D eigenvalue weighted by Crippen LogP contribution is -2.14. The number of ether oxygens (including phenoxy) is 2. The minimum Gasteiger partial charge on any atom is -0.505 e. The van der Waals surface area contributed by atoms with E-state index < -0.39 is 112 Å². The number of aromatic amines is 1. The number of azo groups is 3. The molecule has 0 aliphatic heterocycles. The summed E-state index contributed by atoms with van der Waals surface area (Å²) in [5.41, 5.74) is 0.859. The Bertz CT molecular complexity index is 3470. The number of hydrogen-bond donors (Lipinski definition) is 10. The van der Waals surface area contributed by atoms with Gasteiger partial charge in [0.05, 0.1) is 46.4 Å². The van der Waals surface area contributed by atoms with Crippen molar-refractivity contribution in [3.05, 3.63) is 88.8 Å². The van der Waals surface area contributed by atoms with E-state index in [-0.39, 0.29) is 55.6 Å². The molecule has 33 heteroatoms. The number of rotatable bonds is 20. The molecule has 5 aromatic carbocycles. The van der Waals surface area contributed by atoms with Crippen molar-refractivity contribution < 1.29 is 88.2 Å². The number of H-pyrrole nitrogens is 1. The molecular formula is C36H31N9O20S4. The van der Waals surface area contributed by atoms with Gasteiger partial charge >= 0.3 is 5.97 Å². The summed E-state index contributed by atoms with van der Waals surface area (Å²) in [7, 11) is -14.8. The van der Waals surface area contributed by atoms with Gasteiger partial charge < -0.3 is 35.6 Å². The molecule has 0 aliphatic rings. The molecule has 0 amide bonds. The lowest BCUT2D eigenvalue weighted by atomic mass is 10.1. The zero-order valence-corrected chi connectivity index (χ0v) is 37.3. The number of aromatic carboxylic acids is 1. The molecule has 6 rings (SSSR count). The molecule has 0 atom stereocenters. The van der Waals surface area contributed by atoms with E-state index >= 15 is 0 Å². The smallest absolute Gasteiger partial charge is 0.356 e. The Morgan fingerprint density at radius 2 is 1.29 bits per heavy atom. The first-order valence-corrected chi connectivity index (χ1v) is 23.5. The average molecular weight is 1040 g/mol. The molecular weight excluding hydrogens is 1010 g/mol. The summed E-state index contributed by atoms with van der Waals surface area (Å²) in [6.07, 6.45) is 0. The zero-order valence-electron chi connectivity index (χ0n) is 34.1. The maximum atomic E-state index is 13.2. The Hall–Kier alpha value is -7.28. The summed E-state index contributed by atoms with van der Waals surface area (Å²) in [6.45, 7) is -1.93. The number of anilines is 1. The lowest BCUT2D eigenvalue weighted by Gasteiger charge is -2.13. The van der Waals surface area contributed by atoms with Crippen LogP contribution in [0.4, 0.5) is 39.8 Å². The number of phenols is 1. The van der Waals surface area contributed by atoms with E-state index in [0.29, 0.717) is 16.7 Å². The van der Waals surface area contributed by atoms with E-state index in [2.05, 4.69) is 45.2 Å². The van der Waals surface area contributed by atoms with Gasteiger partial charge in [-0.25, -0.2) is 14.7 Å². The summed E-state index contributed by atoms with van der Waals surface area (Å²) in [5.74, 6) is -3.08. The van der Waals surface area contributed by atoms with Gasteiger partial charge in [-0.05, 0) is 66.0 Å². The van der Waals surface area contributed by atoms with Crippen LogP contribution in [0, 0.1) is 0 Å². The van der Waals surface area contributed by atoms with Crippen molar-refractivity contribution in [3.8, 4) is 22.9 Å². The standard InChI is InChI=1S/C36H31N9O20S4/c37-22-13-29(68(56,57)58)25(16-28(22)66-65-64-52)41-39-23-14-27(63-10-8-47)24(15-26(23)62-9-7-46)40-42-31-30(69(59,60)61)12-17-11-18(1-6-21(17)34(31)48)38-43-32-33(36(50)51)44-45(35(32)49)19-2-4-20(5-3-19)67(53,54)55/h1-6,11-16,44,46-48,52H,7-10,37H2,(H,50,51)(H,53,54,55)(H,56,57,58)(H,59,60,61). The summed E-state index contributed by atoms with van der Waals surface area (Å²) < 4.78 is 118. The molecule has 0 saturated heterocycles. The van der Waals surface area contributed by atoms with Crippen molar-refractivity contribution in [3.63, 3.8) is 0 Å². The van der Waals surface area contributed by atoms with Crippen molar-refractivity contribution in [2.24, 2.45) is 30.7 Å². The first-order valence-electron chi connectivity index (χ1n) is 18.5. The van der Waals surface area contributed by atoms with Crippen LogP contribution in [-0.4, -0.2) is 107 Å². The zero-order chi connectivity index (χ0) is 50.4. The van der Waals surface area contributed by atoms with Gasteiger partial charge in [0.15, 0.2) is 17.1 Å². The number of carboxylic acid groups (broad SMARTS) is 1. The van der Waals surface area contributed by atoms with Crippen molar-refractivity contribution in [1.82, 2.24) is 9.78 Å². The number of aliphatic hydroxyl groups is 2. The first kappa shape index (κ1) is 51.1. The predicted octanol–water partition coefficient (Wildman–Crippen LogP) is 5.46. The molecule has 0 bridgehead atoms. The van der Waals surface area contributed by atoms with Crippen LogP contribution in [-0.2, 0) is 39.7 Å². The van der Waals surface area contributed by atoms with E-state index in [9.17, 15) is 68.9 Å². The molecule has 29 nitrogen and oxygen atoms in total. The molecule has 364 valence electrons. The van der Waals surface area contributed by atoms with E-state index in [1.807, 2.05) is 0 Å². The monoisotopic (exact) mass is 1040 g/mol. The minimum absolute atomic E-state index is 0.0569. The third-order valence-corrected chi connectivity index (χ3v) is 12.1. The van der Waals surface area contributed by atoms with Crippen LogP contribution in [0.15, 0.2) is 128 Å². The first-order chi connectivity index (χ1) is 32.5. The molecule has 11 N–H and O–H groups in total. The normalized spacial score (nSPS) is 12.5. The molecule has 0 unspecified atom stereocenters. The van der Waals surface area contributed by atoms with E-state index in [4.69, 9.17) is 20.5 Å². The van der Waals surface area contributed by atoms with Gasteiger partial charge in [0.2, 0.25) is 0 Å². The van der Waals surface area contributed by atoms with Gasteiger partial charge in [-0.3, -0.25) is 23.6 Å². The second-order valence-corrected chi connectivity index (χ2v) is 18.2. The van der Waals surface area contributed by atoms with Crippen LogP contribution < -0.4 is 20.8 Å². The number of phenolic OH excluding ortho intramolecular Hbond substituents is 1. The Kier molecular flexibility index (Phi) is 15.5. The highest BCUT2D eigenvalue weighted by molar-refractivity contribution is 7.94. The van der Waals surface area contributed by atoms with Gasteiger partial charge in [-0.2, -0.15) is 30.4 Å². The molecule has 1 aromatic heterocycles. The Morgan fingerprint density at radius 1 is 0.710 bits per heavy atom. The van der Waals surface area contributed by atoms with Crippen LogP contribution in [0.25, 0.3) is 16.5 Å². The molecule has 69 heavy (non-hydrogen) atoms. The quantitative estimate of drug-likeness (QED) is 0.0113. The van der Waals surface area contributed by atoms with Gasteiger partial charge in [-0.1, -0.05) is 5.04 Å². The molecule has 1 heterocycles. The summed E-state index contributed by atoms with van der Waals surface area (Å²) in [6, 6.07) is 12.4. The summed E-state index contributed by atoms with van der Waals surface area (Å²) in [4.78, 5) is 22.9. The number of benzene rings is 5. The number of fused-ring (bicyclic) bond motifs is 1. The molecule has 0 saturated carbocycles. The third-order valence-electron chi connectivity index (χ3n) is 8.84. The second-order valence-electron chi connectivity index (χ2n) is 13.3. The topological polar surface area (TPSA) is 456 Å². The fourth-order valence-corrected chi connectivity index (χ4v) is 8.04. The summed E-state index contributed by atoms with van der Waals surface area (Å²) >= 11 is 0.324. The highest BCUT2D eigenvalue weighted by atomic mass is 32.2. The highest BCUT2D eigenvalue weighted by Gasteiger charge is 2.25. The number of aromatic hydroxyl groups is 1. The summed E-state index contributed by atoms with van der Waals surface area (Å²) in [5, 5.41) is 77.6. The Labute approximate surface area is 389 Å². The van der Waals surface area contributed by atoms with Crippen LogP contribution >= 0.6 is 12.0 Å². The SMILES string of the molecule is Nc1cc(S(=O)(=O)O)c(N=Nc2cc(OCCO)c(N=Nc3c(S(=O)(=O)O)cc4cc(N=Nc5c(C(=O)O)[nH]n(-c6ccc(S(=O)(=O)O)cc6)c5=O)ccc4c3O)cc2OCCO)cc1SOOO. The maximum absolute atomic E-state index is 13.2. The number of aromatic nitrogens is 2. The Morgan fingerprint density at radius 3 is 1.84 bits per heavy atom. The van der Waals surface area contributed by atoms with Crippen LogP contribution in [0.2, 0.25) is 0 Å². The number of nitrogens with two attached hydrogens (primary N) is 1. The van der Waals surface area contributed by atoms with E-state index in [1.165, 1.54) is 12.1 Å². The number of hydrogen-bond acceptors (Lipinski definition) is 24. The number of carbonyl (C=O) groups is 1. The van der Waals surface area contributed by atoms with Crippen LogP contribution in [0.1, 0.15) is 10.5 Å². The average Bonchev–Trinajstić information content (AvgIpc) is 3.63. The van der Waals surface area contributed by atoms with Crippen LogP contribution in [0.5, 0.6) is 17.2 Å². The third kappa shape index (κ3) is 11.9. The highest BCUT2D eigenvalue weighted by Crippen LogP contribution is 2.46. The van der Waals surface area contributed by atoms with Gasteiger partial charge in [0, 0.05) is 23.2 Å². The van der Waals surface area contributed by atoms with Crippen molar-refractivity contribution in [1.29, 1.82) is 0 Å². The number of carboxylic acids is 1. The lowest BCUT2D eigenvalue weighted by molar-refractivity contribution is -0.432. The molecule has 6 aromatic rings. The van der Waals surface area contributed by atoms with E-state index in [1.54, 1.807) is 0 Å². The minimum atomic E-state index is -5.26. The fraction of sp³-hybridized carbons (Fsp3) is 0.111. The number of nitrogen functional groups attached to an aromatic ring is 1.